The highest BCUT2D eigenvalue weighted by atomic mass is 35.5. The van der Waals surface area contributed by atoms with Crippen LogP contribution in [-0.2, 0) is 19.6 Å². The molecule has 1 atom stereocenters. The summed E-state index contributed by atoms with van der Waals surface area (Å²) in [5.41, 5.74) is 0.634. The highest BCUT2D eigenvalue weighted by molar-refractivity contribution is 7.91. The number of halogens is 1. The Morgan fingerprint density at radius 3 is 2.58 bits per heavy atom. The number of benzene rings is 1. The Hall–Kier alpha value is -2.00. The molecule has 0 saturated carbocycles. The number of piperidine rings is 1. The van der Waals surface area contributed by atoms with E-state index in [1.54, 1.807) is 31.3 Å². The number of sulfonamides is 1. The molecule has 0 bridgehead atoms. The summed E-state index contributed by atoms with van der Waals surface area (Å²) in [4.78, 5) is 23.0. The van der Waals surface area contributed by atoms with Gasteiger partial charge < -0.3 is 14.2 Å². The number of aromatic nitrogens is 1. The van der Waals surface area contributed by atoms with Crippen molar-refractivity contribution in [2.45, 2.75) is 23.5 Å². The summed E-state index contributed by atoms with van der Waals surface area (Å²) in [5.74, 6) is 0.648. The lowest BCUT2D eigenvalue weighted by Gasteiger charge is -2.34. The molecule has 14 heteroatoms. The van der Waals surface area contributed by atoms with Crippen LogP contribution in [0.4, 0.5) is 5.13 Å². The quantitative estimate of drug-likeness (QED) is 0.330. The number of thiazole rings is 1. The van der Waals surface area contributed by atoms with Crippen LogP contribution in [0.15, 0.2) is 28.5 Å². The minimum Gasteiger partial charge on any atom is -0.495 e. The van der Waals surface area contributed by atoms with E-state index in [9.17, 15) is 13.2 Å². The molecule has 5 rings (SSSR count). The number of morpholine rings is 1. The molecule has 218 valence electrons. The topological polar surface area (TPSA) is 102 Å². The predicted octanol–water partition coefficient (Wildman–Crippen LogP) is 4.18. The van der Waals surface area contributed by atoms with Gasteiger partial charge in [0.2, 0.25) is 5.91 Å². The second-order valence-electron chi connectivity index (χ2n) is 9.70. The van der Waals surface area contributed by atoms with Crippen LogP contribution in [0.5, 0.6) is 11.5 Å². The van der Waals surface area contributed by atoms with Gasteiger partial charge in [-0.05, 0) is 43.5 Å². The summed E-state index contributed by atoms with van der Waals surface area (Å²) >= 11 is 8.43. The molecule has 2 aliphatic rings. The van der Waals surface area contributed by atoms with Gasteiger partial charge in [0, 0.05) is 39.3 Å². The lowest BCUT2D eigenvalue weighted by Crippen LogP contribution is -2.47. The number of carbonyl (C=O) groups excluding carboxylic acids is 1. The zero-order valence-corrected chi connectivity index (χ0v) is 25.7. The minimum atomic E-state index is -3.74. The van der Waals surface area contributed by atoms with Gasteiger partial charge in [-0.15, -0.1) is 11.3 Å². The number of methoxy groups -OCH3 is 2. The molecular formula is C26H33ClN4O6S3. The van der Waals surface area contributed by atoms with Crippen molar-refractivity contribution in [2.24, 2.45) is 5.92 Å². The lowest BCUT2D eigenvalue weighted by atomic mass is 9.98. The Balaban J connectivity index is 1.41. The van der Waals surface area contributed by atoms with Crippen LogP contribution in [0.2, 0.25) is 4.34 Å². The highest BCUT2D eigenvalue weighted by Gasteiger charge is 2.37. The fourth-order valence-electron chi connectivity index (χ4n) is 5.11. The number of hydrogen-bond donors (Lipinski definition) is 0. The Kier molecular flexibility index (Phi) is 9.50. The summed E-state index contributed by atoms with van der Waals surface area (Å²) in [5, 5.41) is 0.551. The largest absolute Gasteiger partial charge is 0.495 e. The van der Waals surface area contributed by atoms with E-state index >= 15 is 0 Å². The number of carbonyl (C=O) groups is 1. The maximum absolute atomic E-state index is 14.1. The van der Waals surface area contributed by atoms with Gasteiger partial charge >= 0.3 is 0 Å². The molecule has 2 saturated heterocycles. The van der Waals surface area contributed by atoms with E-state index in [2.05, 4.69) is 4.90 Å². The maximum atomic E-state index is 14.1. The third kappa shape index (κ3) is 6.25. The Morgan fingerprint density at radius 2 is 1.88 bits per heavy atom. The molecule has 2 fully saturated rings. The monoisotopic (exact) mass is 628 g/mol. The highest BCUT2D eigenvalue weighted by Crippen LogP contribution is 2.41. The van der Waals surface area contributed by atoms with Gasteiger partial charge in [0.15, 0.2) is 5.13 Å². The number of hydrogen-bond acceptors (Lipinski definition) is 10. The van der Waals surface area contributed by atoms with Crippen molar-refractivity contribution >= 4 is 65.6 Å². The molecule has 10 nitrogen and oxygen atoms in total. The molecular weight excluding hydrogens is 596 g/mol. The first-order valence-corrected chi connectivity index (χ1v) is 16.7. The molecule has 2 aromatic heterocycles. The number of rotatable bonds is 10. The van der Waals surface area contributed by atoms with E-state index < -0.39 is 15.9 Å². The van der Waals surface area contributed by atoms with Crippen LogP contribution < -0.4 is 14.4 Å². The SMILES string of the molecule is COc1ccc(OC)c2sc(N(CCCN3CCOCC3)C(=O)C3CCCN(S(=O)(=O)c4ccc(Cl)s4)C3)nc12. The molecule has 40 heavy (non-hydrogen) atoms. The van der Waals surface area contributed by atoms with Crippen LogP contribution in [0.3, 0.4) is 0 Å². The van der Waals surface area contributed by atoms with Gasteiger partial charge in [-0.1, -0.05) is 22.9 Å². The first kappa shape index (κ1) is 29.5. The number of fused-ring (bicyclic) bond motifs is 1. The third-order valence-electron chi connectivity index (χ3n) is 7.23. The van der Waals surface area contributed by atoms with Crippen molar-refractivity contribution in [1.82, 2.24) is 14.2 Å². The van der Waals surface area contributed by atoms with Gasteiger partial charge in [-0.2, -0.15) is 4.31 Å². The summed E-state index contributed by atoms with van der Waals surface area (Å²) in [6, 6.07) is 6.73. The predicted molar refractivity (Wildman–Crippen MR) is 158 cm³/mol. The minimum absolute atomic E-state index is 0.119. The third-order valence-corrected chi connectivity index (χ3v) is 11.9. The molecule has 0 radical (unpaired) electrons. The smallest absolute Gasteiger partial charge is 0.252 e. The Bertz CT molecular complexity index is 1400. The summed E-state index contributed by atoms with van der Waals surface area (Å²) in [6.45, 7) is 4.93. The van der Waals surface area contributed by atoms with Gasteiger partial charge in [0.05, 0.1) is 37.7 Å². The normalized spacial score (nSPS) is 19.1. The fourth-order valence-corrected chi connectivity index (χ4v) is 9.38. The average molecular weight is 629 g/mol. The second-order valence-corrected chi connectivity index (χ2v) is 14.6. The summed E-state index contributed by atoms with van der Waals surface area (Å²) in [6.07, 6.45) is 1.95. The Labute approximate surface area is 247 Å². The first-order chi connectivity index (χ1) is 19.3. The number of anilines is 1. The zero-order chi connectivity index (χ0) is 28.3. The molecule has 0 N–H and O–H groups in total. The maximum Gasteiger partial charge on any atom is 0.252 e. The van der Waals surface area contributed by atoms with Gasteiger partial charge in [0.1, 0.15) is 25.9 Å². The van der Waals surface area contributed by atoms with E-state index in [0.29, 0.717) is 65.6 Å². The molecule has 3 aromatic rings. The van der Waals surface area contributed by atoms with Crippen LogP contribution in [0, 0.1) is 5.92 Å². The lowest BCUT2D eigenvalue weighted by molar-refractivity contribution is -0.123. The van der Waals surface area contributed by atoms with Crippen molar-refractivity contribution in [2.75, 3.05) is 71.6 Å². The van der Waals surface area contributed by atoms with E-state index in [1.165, 1.54) is 21.7 Å². The molecule has 4 heterocycles. The number of amides is 1. The molecule has 1 amide bonds. The van der Waals surface area contributed by atoms with E-state index in [0.717, 1.165) is 42.1 Å². The summed E-state index contributed by atoms with van der Waals surface area (Å²) < 4.78 is 46.0. The van der Waals surface area contributed by atoms with Crippen molar-refractivity contribution < 1.29 is 27.4 Å². The number of ether oxygens (including phenoxy) is 3. The van der Waals surface area contributed by atoms with Crippen LogP contribution in [-0.4, -0.2) is 95.2 Å². The molecule has 1 unspecified atom stereocenters. The Morgan fingerprint density at radius 1 is 1.12 bits per heavy atom. The summed E-state index contributed by atoms with van der Waals surface area (Å²) in [7, 11) is -0.548. The van der Waals surface area contributed by atoms with Gasteiger partial charge in [0.25, 0.3) is 10.0 Å². The van der Waals surface area contributed by atoms with E-state index in [4.69, 9.17) is 30.8 Å². The van der Waals surface area contributed by atoms with Crippen molar-refractivity contribution in [1.29, 1.82) is 0 Å². The zero-order valence-electron chi connectivity index (χ0n) is 22.5. The molecule has 2 aliphatic heterocycles. The van der Waals surface area contributed by atoms with Crippen LogP contribution in [0.1, 0.15) is 19.3 Å². The van der Waals surface area contributed by atoms with Crippen LogP contribution >= 0.6 is 34.3 Å². The van der Waals surface area contributed by atoms with Crippen molar-refractivity contribution in [3.8, 4) is 11.5 Å². The first-order valence-electron chi connectivity index (χ1n) is 13.2. The average Bonchev–Trinajstić information content (AvgIpc) is 3.62. The fraction of sp³-hybridized carbons (Fsp3) is 0.538. The molecule has 1 aromatic carbocycles. The number of thiophene rings is 1. The van der Waals surface area contributed by atoms with Crippen molar-refractivity contribution in [3.05, 3.63) is 28.6 Å². The van der Waals surface area contributed by atoms with Crippen LogP contribution in [0.25, 0.3) is 10.2 Å². The molecule has 0 spiro atoms. The standard InChI is InChI=1S/C26H33ClN4O6S3/c1-35-19-6-7-20(36-2)24-23(19)28-26(39-24)31(12-4-10-29-13-15-37-16-14-29)25(32)18-5-3-11-30(17-18)40(33,34)22-9-8-21(27)38-22/h6-9,18H,3-5,10-17H2,1-2H3. The second kappa shape index (κ2) is 12.9. The van der Waals surface area contributed by atoms with E-state index in [-0.39, 0.29) is 16.7 Å². The molecule has 0 aliphatic carbocycles. The van der Waals surface area contributed by atoms with Crippen molar-refractivity contribution in [3.63, 3.8) is 0 Å². The van der Waals surface area contributed by atoms with Gasteiger partial charge in [-0.25, -0.2) is 13.4 Å². The van der Waals surface area contributed by atoms with E-state index in [1.807, 2.05) is 6.07 Å². The van der Waals surface area contributed by atoms with Gasteiger partial charge in [-0.3, -0.25) is 14.6 Å². The number of nitrogens with zero attached hydrogens (tertiary/aromatic N) is 4.